The molecule has 1 rings (SSSR count). The molecule has 0 aliphatic heterocycles. The van der Waals surface area contributed by atoms with Gasteiger partial charge in [0.05, 0.1) is 5.54 Å². The topological polar surface area (TPSA) is 58.4 Å². The van der Waals surface area contributed by atoms with E-state index in [2.05, 4.69) is 48.3 Å². The summed E-state index contributed by atoms with van der Waals surface area (Å²) in [7, 11) is 0. The fraction of sp³-hybridized carbons (Fsp3) is 0.588. The van der Waals surface area contributed by atoms with Gasteiger partial charge in [0.15, 0.2) is 0 Å². The van der Waals surface area contributed by atoms with Gasteiger partial charge in [0.25, 0.3) is 0 Å². The monoisotopic (exact) mass is 363 g/mol. The lowest BCUT2D eigenvalue weighted by molar-refractivity contribution is -0.125. The normalized spacial score (nSPS) is 12.1. The number of carbonyl (C=O) groups is 1. The number of halogens is 2. The summed E-state index contributed by atoms with van der Waals surface area (Å²) in [6.07, 6.45) is 0.924. The van der Waals surface area contributed by atoms with Crippen molar-refractivity contribution in [1.82, 2.24) is 10.2 Å². The first kappa shape index (κ1) is 24.4. The highest BCUT2D eigenvalue weighted by Gasteiger charge is 2.24. The van der Waals surface area contributed by atoms with Crippen molar-refractivity contribution in [3.63, 3.8) is 0 Å². The van der Waals surface area contributed by atoms with E-state index in [-0.39, 0.29) is 36.8 Å². The molecule has 0 radical (unpaired) electrons. The number of nitrogens with zero attached hydrogens (tertiary/aromatic N) is 1. The number of amides is 1. The maximum atomic E-state index is 12.0. The van der Waals surface area contributed by atoms with Crippen LogP contribution in [0, 0.1) is 0 Å². The first-order valence-electron chi connectivity index (χ1n) is 7.73. The molecule has 0 aliphatic rings. The van der Waals surface area contributed by atoms with Crippen molar-refractivity contribution in [2.24, 2.45) is 5.73 Å². The SMILES string of the molecule is CCN(CC)C(CNC(=O)C(C)(C)N)Cc1ccccc1.Cl.Cl. The van der Waals surface area contributed by atoms with Gasteiger partial charge in [-0.3, -0.25) is 9.69 Å². The standard InChI is InChI=1S/C17H29N3O.2ClH/c1-5-20(6-2)15(12-14-10-8-7-9-11-14)13-19-16(21)17(3,4)18;;/h7-11,15H,5-6,12-13,18H2,1-4H3,(H,19,21);2*1H. The smallest absolute Gasteiger partial charge is 0.239 e. The number of benzene rings is 1. The Morgan fingerprint density at radius 2 is 1.70 bits per heavy atom. The van der Waals surface area contributed by atoms with Gasteiger partial charge in [0.2, 0.25) is 5.91 Å². The Morgan fingerprint density at radius 1 is 1.17 bits per heavy atom. The fourth-order valence-corrected chi connectivity index (χ4v) is 2.39. The molecule has 0 fully saturated rings. The summed E-state index contributed by atoms with van der Waals surface area (Å²) in [4.78, 5) is 14.3. The molecule has 134 valence electrons. The number of carbonyl (C=O) groups excluding carboxylic acids is 1. The molecule has 4 nitrogen and oxygen atoms in total. The molecule has 0 bridgehead atoms. The van der Waals surface area contributed by atoms with Gasteiger partial charge in [-0.15, -0.1) is 24.8 Å². The molecule has 1 aromatic rings. The minimum absolute atomic E-state index is 0. The number of likely N-dealkylation sites (N-methyl/N-ethyl adjacent to an activating group) is 1. The van der Waals surface area contributed by atoms with Crippen LogP contribution >= 0.6 is 24.8 Å². The minimum atomic E-state index is -0.833. The summed E-state index contributed by atoms with van der Waals surface area (Å²) in [5.41, 5.74) is 6.29. The predicted molar refractivity (Wildman–Crippen MR) is 103 cm³/mol. The van der Waals surface area contributed by atoms with Crippen molar-refractivity contribution in [3.05, 3.63) is 35.9 Å². The van der Waals surface area contributed by atoms with Gasteiger partial charge in [0, 0.05) is 12.6 Å². The summed E-state index contributed by atoms with van der Waals surface area (Å²) < 4.78 is 0. The summed E-state index contributed by atoms with van der Waals surface area (Å²) >= 11 is 0. The molecule has 1 amide bonds. The van der Waals surface area contributed by atoms with Crippen molar-refractivity contribution in [1.29, 1.82) is 0 Å². The molecule has 1 unspecified atom stereocenters. The Morgan fingerprint density at radius 3 is 2.13 bits per heavy atom. The number of nitrogens with one attached hydrogen (secondary N) is 1. The van der Waals surface area contributed by atoms with Crippen molar-refractivity contribution in [2.75, 3.05) is 19.6 Å². The van der Waals surface area contributed by atoms with Crippen LogP contribution in [0.25, 0.3) is 0 Å². The zero-order valence-corrected chi connectivity index (χ0v) is 16.2. The van der Waals surface area contributed by atoms with Gasteiger partial charge in [-0.1, -0.05) is 44.2 Å². The van der Waals surface area contributed by atoms with Crippen LogP contribution in [0.2, 0.25) is 0 Å². The van der Waals surface area contributed by atoms with Crippen LogP contribution in [0.4, 0.5) is 0 Å². The Hall–Kier alpha value is -0.810. The summed E-state index contributed by atoms with van der Waals surface area (Å²) in [5, 5.41) is 2.99. The molecule has 0 spiro atoms. The third-order valence-electron chi connectivity index (χ3n) is 3.73. The molecule has 0 aliphatic carbocycles. The second kappa shape index (κ2) is 11.7. The molecule has 0 saturated heterocycles. The number of nitrogens with two attached hydrogens (primary N) is 1. The minimum Gasteiger partial charge on any atom is -0.353 e. The highest BCUT2D eigenvalue weighted by molar-refractivity contribution is 5.85. The largest absolute Gasteiger partial charge is 0.353 e. The lowest BCUT2D eigenvalue weighted by atomic mass is 10.0. The molecule has 3 N–H and O–H groups in total. The van der Waals surface area contributed by atoms with Crippen molar-refractivity contribution in [2.45, 2.75) is 45.7 Å². The Labute approximate surface area is 153 Å². The Kier molecular flexibility index (Phi) is 12.4. The second-order valence-electron chi connectivity index (χ2n) is 6.00. The summed E-state index contributed by atoms with van der Waals surface area (Å²) in [6, 6.07) is 10.7. The van der Waals surface area contributed by atoms with E-state index in [9.17, 15) is 4.79 Å². The first-order chi connectivity index (χ1) is 9.88. The van der Waals surface area contributed by atoms with Gasteiger partial charge in [0.1, 0.15) is 0 Å². The van der Waals surface area contributed by atoms with Crippen LogP contribution in [-0.4, -0.2) is 42.0 Å². The van der Waals surface area contributed by atoms with Gasteiger partial charge in [-0.2, -0.15) is 0 Å². The third-order valence-corrected chi connectivity index (χ3v) is 3.73. The molecule has 0 aromatic heterocycles. The highest BCUT2D eigenvalue weighted by atomic mass is 35.5. The highest BCUT2D eigenvalue weighted by Crippen LogP contribution is 2.09. The number of hydrogen-bond acceptors (Lipinski definition) is 3. The van der Waals surface area contributed by atoms with Crippen LogP contribution in [0.1, 0.15) is 33.3 Å². The van der Waals surface area contributed by atoms with E-state index in [1.807, 2.05) is 6.07 Å². The van der Waals surface area contributed by atoms with Gasteiger partial charge in [-0.25, -0.2) is 0 Å². The van der Waals surface area contributed by atoms with Crippen LogP contribution < -0.4 is 11.1 Å². The Bertz CT molecular complexity index is 431. The van der Waals surface area contributed by atoms with Crippen LogP contribution in [-0.2, 0) is 11.2 Å². The maximum Gasteiger partial charge on any atom is 0.239 e. The van der Waals surface area contributed by atoms with E-state index in [1.165, 1.54) is 5.56 Å². The van der Waals surface area contributed by atoms with E-state index in [4.69, 9.17) is 5.73 Å². The van der Waals surface area contributed by atoms with E-state index < -0.39 is 5.54 Å². The fourth-order valence-electron chi connectivity index (χ4n) is 2.39. The molecule has 6 heteroatoms. The van der Waals surface area contributed by atoms with E-state index in [0.29, 0.717) is 6.54 Å². The molecule has 0 heterocycles. The van der Waals surface area contributed by atoms with E-state index in [1.54, 1.807) is 13.8 Å². The first-order valence-corrected chi connectivity index (χ1v) is 7.73. The van der Waals surface area contributed by atoms with Crippen molar-refractivity contribution >= 4 is 30.7 Å². The predicted octanol–water partition coefficient (Wildman–Crippen LogP) is 2.64. The molecule has 1 aromatic carbocycles. The van der Waals surface area contributed by atoms with Gasteiger partial charge < -0.3 is 11.1 Å². The second-order valence-corrected chi connectivity index (χ2v) is 6.00. The quantitative estimate of drug-likeness (QED) is 0.746. The number of rotatable bonds is 8. The van der Waals surface area contributed by atoms with Crippen molar-refractivity contribution in [3.8, 4) is 0 Å². The molecular weight excluding hydrogens is 333 g/mol. The van der Waals surface area contributed by atoms with Crippen LogP contribution in [0.5, 0.6) is 0 Å². The lowest BCUT2D eigenvalue weighted by Gasteiger charge is -2.31. The summed E-state index contributed by atoms with van der Waals surface area (Å²) in [5.74, 6) is -0.104. The molecule has 0 saturated carbocycles. The van der Waals surface area contributed by atoms with Crippen LogP contribution in [0.15, 0.2) is 30.3 Å². The number of hydrogen-bond donors (Lipinski definition) is 2. The third kappa shape index (κ3) is 8.56. The van der Waals surface area contributed by atoms with Crippen molar-refractivity contribution < 1.29 is 4.79 Å². The van der Waals surface area contributed by atoms with Gasteiger partial charge in [-0.05, 0) is 38.9 Å². The summed E-state index contributed by atoms with van der Waals surface area (Å²) in [6.45, 7) is 10.3. The van der Waals surface area contributed by atoms with E-state index >= 15 is 0 Å². The van der Waals surface area contributed by atoms with Crippen LogP contribution in [0.3, 0.4) is 0 Å². The van der Waals surface area contributed by atoms with E-state index in [0.717, 1.165) is 19.5 Å². The molecule has 23 heavy (non-hydrogen) atoms. The molecule has 1 atom stereocenters. The average molecular weight is 364 g/mol. The zero-order valence-electron chi connectivity index (χ0n) is 14.5. The van der Waals surface area contributed by atoms with Gasteiger partial charge >= 0.3 is 0 Å². The average Bonchev–Trinajstić information content (AvgIpc) is 2.45. The Balaban J connectivity index is 0. The zero-order chi connectivity index (χ0) is 15.9. The maximum absolute atomic E-state index is 12.0. The molecular formula is C17H31Cl2N3O. The lowest BCUT2D eigenvalue weighted by Crippen LogP contribution is -2.53.